The SMILES string of the molecule is CCc1cc(=O)c2cc(Br)c(Cl)c(Cl)c2[nH]1. The molecule has 0 fully saturated rings. The molecule has 0 radical (unpaired) electrons. The predicted octanol–water partition coefficient (Wildman–Crippen LogP) is 4.16. The summed E-state index contributed by atoms with van der Waals surface area (Å²) in [5.41, 5.74) is 1.39. The molecular weight excluding hydrogens is 313 g/mol. The molecule has 0 spiro atoms. The van der Waals surface area contributed by atoms with E-state index in [1.165, 1.54) is 0 Å². The summed E-state index contributed by atoms with van der Waals surface area (Å²) in [6.07, 6.45) is 0.745. The molecule has 84 valence electrons. The number of hydrogen-bond acceptors (Lipinski definition) is 1. The lowest BCUT2D eigenvalue weighted by Gasteiger charge is -2.06. The maximum atomic E-state index is 11.8. The van der Waals surface area contributed by atoms with E-state index in [0.29, 0.717) is 25.4 Å². The lowest BCUT2D eigenvalue weighted by molar-refractivity contribution is 1.05. The molecule has 0 bridgehead atoms. The lowest BCUT2D eigenvalue weighted by atomic mass is 10.2. The fraction of sp³-hybridized carbons (Fsp3) is 0.182. The molecule has 0 saturated carbocycles. The maximum absolute atomic E-state index is 11.8. The van der Waals surface area contributed by atoms with Gasteiger partial charge in [-0.3, -0.25) is 4.79 Å². The summed E-state index contributed by atoms with van der Waals surface area (Å²) in [6, 6.07) is 3.26. The van der Waals surface area contributed by atoms with Gasteiger partial charge in [-0.25, -0.2) is 0 Å². The topological polar surface area (TPSA) is 32.9 Å². The van der Waals surface area contributed by atoms with Crippen molar-refractivity contribution in [3.05, 3.63) is 42.6 Å². The van der Waals surface area contributed by atoms with E-state index in [9.17, 15) is 4.79 Å². The van der Waals surface area contributed by atoms with Crippen LogP contribution in [-0.2, 0) is 6.42 Å². The van der Waals surface area contributed by atoms with Crippen LogP contribution in [0.4, 0.5) is 0 Å². The molecule has 2 nitrogen and oxygen atoms in total. The normalized spacial score (nSPS) is 11.0. The highest BCUT2D eigenvalue weighted by atomic mass is 79.9. The first-order valence-corrected chi connectivity index (χ1v) is 6.29. The van der Waals surface area contributed by atoms with Crippen LogP contribution in [0.2, 0.25) is 10.0 Å². The minimum atomic E-state index is -0.0510. The van der Waals surface area contributed by atoms with E-state index in [1.807, 2.05) is 6.92 Å². The molecule has 1 heterocycles. The number of halogens is 3. The first kappa shape index (κ1) is 12.0. The number of benzene rings is 1. The zero-order chi connectivity index (χ0) is 11.9. The summed E-state index contributed by atoms with van der Waals surface area (Å²) in [5, 5.41) is 1.33. The number of rotatable bonds is 1. The van der Waals surface area contributed by atoms with Gasteiger partial charge < -0.3 is 4.98 Å². The van der Waals surface area contributed by atoms with Crippen LogP contribution in [0.5, 0.6) is 0 Å². The minimum absolute atomic E-state index is 0.0510. The Labute approximate surface area is 111 Å². The first-order valence-electron chi connectivity index (χ1n) is 4.74. The molecule has 0 aliphatic rings. The second-order valence-electron chi connectivity index (χ2n) is 3.42. The summed E-state index contributed by atoms with van der Waals surface area (Å²) < 4.78 is 0.626. The van der Waals surface area contributed by atoms with Gasteiger partial charge in [-0.1, -0.05) is 30.1 Å². The van der Waals surface area contributed by atoms with Crippen LogP contribution >= 0.6 is 39.1 Å². The van der Waals surface area contributed by atoms with E-state index in [-0.39, 0.29) is 5.43 Å². The number of hydrogen-bond donors (Lipinski definition) is 1. The Morgan fingerprint density at radius 3 is 2.62 bits per heavy atom. The third kappa shape index (κ3) is 1.88. The van der Waals surface area contributed by atoms with E-state index < -0.39 is 0 Å². The zero-order valence-corrected chi connectivity index (χ0v) is 11.5. The standard InChI is InChI=1S/C11H8BrCl2NO/c1-2-5-3-8(16)6-4-7(12)9(13)10(14)11(6)15-5/h3-4H,2H2,1H3,(H,15,16). The Morgan fingerprint density at radius 2 is 2.00 bits per heavy atom. The van der Waals surface area contributed by atoms with Gasteiger partial charge in [0.2, 0.25) is 0 Å². The summed E-state index contributed by atoms with van der Waals surface area (Å²) in [7, 11) is 0. The molecule has 0 amide bonds. The predicted molar refractivity (Wildman–Crippen MR) is 71.7 cm³/mol. The van der Waals surface area contributed by atoms with Gasteiger partial charge in [0.15, 0.2) is 5.43 Å². The van der Waals surface area contributed by atoms with Crippen molar-refractivity contribution >= 4 is 50.0 Å². The van der Waals surface area contributed by atoms with Gasteiger partial charge in [-0.05, 0) is 28.4 Å². The van der Waals surface area contributed by atoms with Gasteiger partial charge in [0.1, 0.15) is 0 Å². The molecule has 1 aromatic carbocycles. The van der Waals surface area contributed by atoms with Crippen molar-refractivity contribution in [2.24, 2.45) is 0 Å². The van der Waals surface area contributed by atoms with Crippen LogP contribution in [0.3, 0.4) is 0 Å². The molecule has 1 aromatic heterocycles. The maximum Gasteiger partial charge on any atom is 0.189 e. The van der Waals surface area contributed by atoms with Crippen LogP contribution in [-0.4, -0.2) is 4.98 Å². The minimum Gasteiger partial charge on any atom is -0.357 e. The number of aromatic amines is 1. The number of aromatic nitrogens is 1. The van der Waals surface area contributed by atoms with E-state index >= 15 is 0 Å². The summed E-state index contributed by atoms with van der Waals surface area (Å²) in [5.74, 6) is 0. The molecule has 2 aromatic rings. The van der Waals surface area contributed by atoms with Gasteiger partial charge >= 0.3 is 0 Å². The average Bonchev–Trinajstić information content (AvgIpc) is 2.27. The highest BCUT2D eigenvalue weighted by molar-refractivity contribution is 9.10. The summed E-state index contributed by atoms with van der Waals surface area (Å²) in [4.78, 5) is 14.9. The van der Waals surface area contributed by atoms with Crippen LogP contribution in [0, 0.1) is 0 Å². The van der Waals surface area contributed by atoms with Gasteiger partial charge in [-0.2, -0.15) is 0 Å². The quantitative estimate of drug-likeness (QED) is 0.786. The molecule has 5 heteroatoms. The van der Waals surface area contributed by atoms with Crippen LogP contribution in [0.15, 0.2) is 21.4 Å². The highest BCUT2D eigenvalue weighted by Crippen LogP contribution is 2.34. The van der Waals surface area contributed by atoms with E-state index in [1.54, 1.807) is 12.1 Å². The summed E-state index contributed by atoms with van der Waals surface area (Å²) in [6.45, 7) is 1.96. The highest BCUT2D eigenvalue weighted by Gasteiger charge is 2.11. The monoisotopic (exact) mass is 319 g/mol. The van der Waals surface area contributed by atoms with Crippen molar-refractivity contribution in [2.45, 2.75) is 13.3 Å². The second-order valence-corrected chi connectivity index (χ2v) is 5.03. The Hall–Kier alpha value is -0.510. The van der Waals surface area contributed by atoms with Crippen molar-refractivity contribution in [3.8, 4) is 0 Å². The lowest BCUT2D eigenvalue weighted by Crippen LogP contribution is -2.05. The van der Waals surface area contributed by atoms with Gasteiger partial charge in [0.25, 0.3) is 0 Å². The van der Waals surface area contributed by atoms with Crippen molar-refractivity contribution in [2.75, 3.05) is 0 Å². The Kier molecular flexibility index (Phi) is 3.29. The smallest absolute Gasteiger partial charge is 0.189 e. The fourth-order valence-electron chi connectivity index (χ4n) is 1.53. The van der Waals surface area contributed by atoms with Gasteiger partial charge in [0, 0.05) is 21.6 Å². The molecule has 0 unspecified atom stereocenters. The van der Waals surface area contributed by atoms with E-state index in [2.05, 4.69) is 20.9 Å². The van der Waals surface area contributed by atoms with Gasteiger partial charge in [0.05, 0.1) is 15.6 Å². The number of H-pyrrole nitrogens is 1. The van der Waals surface area contributed by atoms with Gasteiger partial charge in [-0.15, -0.1) is 0 Å². The molecule has 1 N–H and O–H groups in total. The number of pyridine rings is 1. The number of nitrogens with one attached hydrogen (secondary N) is 1. The number of fused-ring (bicyclic) bond motifs is 1. The largest absolute Gasteiger partial charge is 0.357 e. The molecule has 0 atom stereocenters. The average molecular weight is 321 g/mol. The third-order valence-electron chi connectivity index (χ3n) is 2.40. The van der Waals surface area contributed by atoms with E-state index in [4.69, 9.17) is 23.2 Å². The second kappa shape index (κ2) is 4.40. The summed E-state index contributed by atoms with van der Waals surface area (Å²) >= 11 is 15.4. The van der Waals surface area contributed by atoms with Crippen molar-refractivity contribution < 1.29 is 0 Å². The molecule has 0 aliphatic carbocycles. The molecule has 0 saturated heterocycles. The van der Waals surface area contributed by atoms with Crippen LogP contribution in [0.1, 0.15) is 12.6 Å². The third-order valence-corrected chi connectivity index (χ3v) is 4.12. The fourth-order valence-corrected chi connectivity index (χ4v) is 2.48. The van der Waals surface area contributed by atoms with E-state index in [0.717, 1.165) is 12.1 Å². The molecular formula is C11H8BrCl2NO. The Morgan fingerprint density at radius 1 is 1.31 bits per heavy atom. The van der Waals surface area contributed by atoms with Crippen LogP contribution in [0.25, 0.3) is 10.9 Å². The Balaban J connectivity index is 2.96. The Bertz CT molecular complexity index is 621. The molecule has 16 heavy (non-hydrogen) atoms. The van der Waals surface area contributed by atoms with Crippen molar-refractivity contribution in [1.82, 2.24) is 4.98 Å². The van der Waals surface area contributed by atoms with Crippen molar-refractivity contribution in [3.63, 3.8) is 0 Å². The zero-order valence-electron chi connectivity index (χ0n) is 8.40. The number of aryl methyl sites for hydroxylation is 1. The molecule has 0 aliphatic heterocycles. The first-order chi connectivity index (χ1) is 7.54. The van der Waals surface area contributed by atoms with Crippen molar-refractivity contribution in [1.29, 1.82) is 0 Å². The molecule has 2 rings (SSSR count). The van der Waals surface area contributed by atoms with Crippen LogP contribution < -0.4 is 5.43 Å².